The fraction of sp³-hybridized carbons (Fsp3) is 0.529. The smallest absolute Gasteiger partial charge is 0.398 e. The first-order chi connectivity index (χ1) is 10.6. The number of hydrogen-bond donors (Lipinski definition) is 0. The summed E-state index contributed by atoms with van der Waals surface area (Å²) in [4.78, 5) is 0. The summed E-state index contributed by atoms with van der Waals surface area (Å²) in [6, 6.07) is 3.41. The molecule has 1 heterocycles. The Bertz CT molecular complexity index is 654. The van der Waals surface area contributed by atoms with Gasteiger partial charge in [-0.2, -0.15) is 0 Å². The lowest BCUT2D eigenvalue weighted by molar-refractivity contribution is 0.00578. The van der Waals surface area contributed by atoms with E-state index < -0.39 is 35.7 Å². The van der Waals surface area contributed by atoms with E-state index in [1.165, 1.54) is 12.1 Å². The number of benzene rings is 1. The molecule has 0 aromatic heterocycles. The molecule has 1 aliphatic heterocycles. The van der Waals surface area contributed by atoms with Crippen molar-refractivity contribution < 1.29 is 22.5 Å². The van der Waals surface area contributed by atoms with Crippen LogP contribution in [0.2, 0.25) is 0 Å². The summed E-state index contributed by atoms with van der Waals surface area (Å²) in [6.07, 6.45) is 1.15. The van der Waals surface area contributed by atoms with Crippen LogP contribution in [0, 0.1) is 11.6 Å². The summed E-state index contributed by atoms with van der Waals surface area (Å²) < 4.78 is 53.2. The van der Waals surface area contributed by atoms with Crippen molar-refractivity contribution in [3.05, 3.63) is 46.7 Å². The maximum absolute atomic E-state index is 14.8. The van der Waals surface area contributed by atoms with Gasteiger partial charge in [0.25, 0.3) is 0 Å². The number of rotatable bonds is 2. The normalized spacial score (nSPS) is 27.8. The second-order valence-electron chi connectivity index (χ2n) is 7.22. The van der Waals surface area contributed by atoms with E-state index in [9.17, 15) is 13.2 Å². The van der Waals surface area contributed by atoms with Crippen molar-refractivity contribution in [2.75, 3.05) is 0 Å². The van der Waals surface area contributed by atoms with Crippen LogP contribution in [0.3, 0.4) is 0 Å². The Hall–Kier alpha value is -1.27. The van der Waals surface area contributed by atoms with E-state index in [1.54, 1.807) is 0 Å². The van der Waals surface area contributed by atoms with Crippen LogP contribution in [0.1, 0.15) is 52.0 Å². The molecule has 1 atom stereocenters. The first kappa shape index (κ1) is 16.6. The molecule has 1 aromatic carbocycles. The van der Waals surface area contributed by atoms with E-state index >= 15 is 0 Å². The molecule has 124 valence electrons. The highest BCUT2D eigenvalue weighted by Gasteiger charge is 2.54. The third kappa shape index (κ3) is 2.72. The van der Waals surface area contributed by atoms with Gasteiger partial charge in [0.2, 0.25) is 0 Å². The maximum atomic E-state index is 14.8. The molecule has 0 amide bonds. The van der Waals surface area contributed by atoms with E-state index in [4.69, 9.17) is 9.31 Å². The van der Waals surface area contributed by atoms with Gasteiger partial charge in [0.15, 0.2) is 0 Å². The van der Waals surface area contributed by atoms with Crippen LogP contribution in [0.15, 0.2) is 29.5 Å². The average Bonchev–Trinajstić information content (AvgIpc) is 2.60. The zero-order valence-electron chi connectivity index (χ0n) is 13.8. The molecule has 2 aliphatic rings. The lowest BCUT2D eigenvalue weighted by Crippen LogP contribution is -2.41. The Labute approximate surface area is 134 Å². The summed E-state index contributed by atoms with van der Waals surface area (Å²) in [6.45, 7) is 7.40. The number of halogens is 3. The van der Waals surface area contributed by atoms with Crippen molar-refractivity contribution >= 4 is 7.12 Å². The van der Waals surface area contributed by atoms with Gasteiger partial charge in [-0.15, -0.1) is 0 Å². The Kier molecular flexibility index (Phi) is 3.88. The molecule has 23 heavy (non-hydrogen) atoms. The van der Waals surface area contributed by atoms with Crippen molar-refractivity contribution in [3.8, 4) is 0 Å². The van der Waals surface area contributed by atoms with Gasteiger partial charge in [-0.1, -0.05) is 6.07 Å². The Morgan fingerprint density at radius 1 is 1.13 bits per heavy atom. The molecule has 2 nitrogen and oxygen atoms in total. The van der Waals surface area contributed by atoms with Crippen LogP contribution >= 0.6 is 0 Å². The molecule has 0 radical (unpaired) electrons. The molecule has 3 rings (SSSR count). The molecular formula is C17H20BF3O2. The molecule has 1 saturated heterocycles. The van der Waals surface area contributed by atoms with Gasteiger partial charge in [0.1, 0.15) is 17.4 Å². The highest BCUT2D eigenvalue weighted by Crippen LogP contribution is 2.47. The summed E-state index contributed by atoms with van der Waals surface area (Å²) in [7, 11) is -1.07. The van der Waals surface area contributed by atoms with Crippen molar-refractivity contribution in [2.45, 2.75) is 57.7 Å². The van der Waals surface area contributed by atoms with E-state index in [-0.39, 0.29) is 5.92 Å². The van der Waals surface area contributed by atoms with Crippen LogP contribution < -0.4 is 0 Å². The van der Waals surface area contributed by atoms with E-state index in [0.717, 1.165) is 6.07 Å². The third-order valence-corrected chi connectivity index (χ3v) is 5.23. The lowest BCUT2D eigenvalue weighted by Gasteiger charge is -2.32. The van der Waals surface area contributed by atoms with Gasteiger partial charge >= 0.3 is 7.12 Å². The molecule has 1 unspecified atom stereocenters. The van der Waals surface area contributed by atoms with Gasteiger partial charge in [-0.05, 0) is 57.7 Å². The monoisotopic (exact) mass is 324 g/mol. The molecule has 1 saturated carbocycles. The summed E-state index contributed by atoms with van der Waals surface area (Å²) in [5.74, 6) is -1.66. The van der Waals surface area contributed by atoms with Crippen LogP contribution in [0.5, 0.6) is 0 Å². The largest absolute Gasteiger partial charge is 0.525 e. The highest BCUT2D eigenvalue weighted by atomic mass is 19.1. The minimum absolute atomic E-state index is 0.319. The van der Waals surface area contributed by atoms with E-state index in [2.05, 4.69) is 0 Å². The Morgan fingerprint density at radius 3 is 2.22 bits per heavy atom. The quantitative estimate of drug-likeness (QED) is 0.734. The molecule has 2 fully saturated rings. The molecule has 0 N–H and O–H groups in total. The van der Waals surface area contributed by atoms with Gasteiger partial charge in [0.05, 0.1) is 11.2 Å². The minimum Gasteiger partial charge on any atom is -0.398 e. The van der Waals surface area contributed by atoms with Crippen LogP contribution in [0.25, 0.3) is 0 Å². The SMILES string of the molecule is CC1(C)OB(C(F)=C2CCC2c2ccc(F)cc2F)OC1(C)C. The van der Waals surface area contributed by atoms with Gasteiger partial charge < -0.3 is 9.31 Å². The lowest BCUT2D eigenvalue weighted by atomic mass is 9.69. The summed E-state index contributed by atoms with van der Waals surface area (Å²) in [5, 5.41) is 0. The van der Waals surface area contributed by atoms with E-state index in [0.29, 0.717) is 24.0 Å². The summed E-state index contributed by atoms with van der Waals surface area (Å²) in [5.41, 5.74) is -0.941. The first-order valence-corrected chi connectivity index (χ1v) is 7.81. The third-order valence-electron chi connectivity index (χ3n) is 5.23. The first-order valence-electron chi connectivity index (χ1n) is 7.81. The molecule has 6 heteroatoms. The van der Waals surface area contributed by atoms with Crippen molar-refractivity contribution in [1.29, 1.82) is 0 Å². The summed E-state index contributed by atoms with van der Waals surface area (Å²) >= 11 is 0. The molecular weight excluding hydrogens is 304 g/mol. The second-order valence-corrected chi connectivity index (χ2v) is 7.22. The fourth-order valence-corrected chi connectivity index (χ4v) is 2.94. The van der Waals surface area contributed by atoms with Crippen LogP contribution in [-0.4, -0.2) is 18.3 Å². The van der Waals surface area contributed by atoms with Crippen LogP contribution in [0.4, 0.5) is 13.2 Å². The predicted octanol–water partition coefficient (Wildman–Crippen LogP) is 4.70. The van der Waals surface area contributed by atoms with Crippen molar-refractivity contribution in [3.63, 3.8) is 0 Å². The van der Waals surface area contributed by atoms with Crippen molar-refractivity contribution in [1.82, 2.24) is 0 Å². The molecule has 0 spiro atoms. The van der Waals surface area contributed by atoms with Crippen LogP contribution in [-0.2, 0) is 9.31 Å². The average molecular weight is 324 g/mol. The van der Waals surface area contributed by atoms with Crippen molar-refractivity contribution in [2.24, 2.45) is 0 Å². The predicted molar refractivity (Wildman–Crippen MR) is 82.5 cm³/mol. The Morgan fingerprint density at radius 2 is 1.74 bits per heavy atom. The number of hydrogen-bond acceptors (Lipinski definition) is 2. The fourth-order valence-electron chi connectivity index (χ4n) is 2.94. The van der Waals surface area contributed by atoms with Gasteiger partial charge in [-0.3, -0.25) is 0 Å². The minimum atomic E-state index is -1.07. The second kappa shape index (κ2) is 5.38. The zero-order chi connectivity index (χ0) is 17.0. The maximum Gasteiger partial charge on any atom is 0.525 e. The molecule has 1 aromatic rings. The zero-order valence-corrected chi connectivity index (χ0v) is 13.8. The topological polar surface area (TPSA) is 18.5 Å². The molecule has 0 bridgehead atoms. The highest BCUT2D eigenvalue weighted by molar-refractivity contribution is 6.54. The van der Waals surface area contributed by atoms with E-state index in [1.807, 2.05) is 27.7 Å². The Balaban J connectivity index is 1.87. The van der Waals surface area contributed by atoms with Gasteiger partial charge in [0, 0.05) is 12.0 Å². The molecule has 1 aliphatic carbocycles. The number of allylic oxidation sites excluding steroid dienone is 1. The standard InChI is InChI=1S/C17H20BF3O2/c1-16(2)17(3,4)23-18(22-16)15(21)13-8-7-11(13)12-6-5-10(19)9-14(12)20/h5-6,9,11H,7-8H2,1-4H3. The van der Waals surface area contributed by atoms with Gasteiger partial charge in [-0.25, -0.2) is 13.2 Å².